The maximum Gasteiger partial charge on any atom is 0.317 e. The van der Waals surface area contributed by atoms with Crippen LogP contribution < -0.4 is 10.6 Å². The van der Waals surface area contributed by atoms with Gasteiger partial charge in [-0.25, -0.2) is 4.79 Å². The molecule has 4 nitrogen and oxygen atoms in total. The first-order valence-electron chi connectivity index (χ1n) is 6.93. The number of nitrogens with one attached hydrogen (secondary N) is 2. The van der Waals surface area contributed by atoms with Gasteiger partial charge in [0.2, 0.25) is 0 Å². The highest BCUT2D eigenvalue weighted by molar-refractivity contribution is 5.74. The number of carbonyl (C=O) groups excluding carboxylic acids is 1. The molecule has 0 saturated carbocycles. The van der Waals surface area contributed by atoms with E-state index in [0.29, 0.717) is 0 Å². The second-order valence-corrected chi connectivity index (χ2v) is 5.77. The number of rotatable bonds is 2. The van der Waals surface area contributed by atoms with E-state index in [4.69, 9.17) is 0 Å². The van der Waals surface area contributed by atoms with Gasteiger partial charge in [0.1, 0.15) is 0 Å². The second kappa shape index (κ2) is 5.71. The maximum absolute atomic E-state index is 12.0. The number of carbonyl (C=O) groups is 1. The van der Waals surface area contributed by atoms with Gasteiger partial charge in [0.05, 0.1) is 0 Å². The van der Waals surface area contributed by atoms with Crippen LogP contribution in [0.4, 0.5) is 4.79 Å². The Kier molecular flexibility index (Phi) is 4.26. The van der Waals surface area contributed by atoms with Gasteiger partial charge in [0.15, 0.2) is 0 Å². The van der Waals surface area contributed by atoms with Gasteiger partial charge in [-0.05, 0) is 50.6 Å². The van der Waals surface area contributed by atoms with E-state index >= 15 is 0 Å². The molecule has 98 valence electrons. The maximum atomic E-state index is 12.0. The van der Waals surface area contributed by atoms with Crippen LogP contribution >= 0.6 is 0 Å². The quantitative estimate of drug-likeness (QED) is 0.768. The molecule has 17 heavy (non-hydrogen) atoms. The molecule has 0 bridgehead atoms. The lowest BCUT2D eigenvalue weighted by Crippen LogP contribution is -2.48. The molecule has 4 heteroatoms. The van der Waals surface area contributed by atoms with Crippen LogP contribution in [0.5, 0.6) is 0 Å². The van der Waals surface area contributed by atoms with E-state index in [1.165, 1.54) is 6.42 Å². The fourth-order valence-corrected chi connectivity index (χ4v) is 2.70. The van der Waals surface area contributed by atoms with Crippen LogP contribution in [0.2, 0.25) is 0 Å². The molecule has 2 aliphatic rings. The zero-order valence-electron chi connectivity index (χ0n) is 10.9. The number of nitrogens with zero attached hydrogens (tertiary/aromatic N) is 1. The van der Waals surface area contributed by atoms with Crippen LogP contribution in [0.3, 0.4) is 0 Å². The summed E-state index contributed by atoms with van der Waals surface area (Å²) >= 11 is 0. The molecule has 0 aromatic carbocycles. The number of hydrogen-bond acceptors (Lipinski definition) is 2. The van der Waals surface area contributed by atoms with E-state index in [-0.39, 0.29) is 11.4 Å². The highest BCUT2D eigenvalue weighted by Gasteiger charge is 2.28. The smallest absolute Gasteiger partial charge is 0.317 e. The lowest BCUT2D eigenvalue weighted by atomic mass is 9.81. The molecule has 0 aromatic rings. The minimum absolute atomic E-state index is 0.143. The van der Waals surface area contributed by atoms with E-state index in [2.05, 4.69) is 17.6 Å². The molecule has 0 unspecified atom stereocenters. The first kappa shape index (κ1) is 12.7. The zero-order valence-corrected chi connectivity index (χ0v) is 10.9. The van der Waals surface area contributed by atoms with Gasteiger partial charge in [0.25, 0.3) is 0 Å². The lowest BCUT2D eigenvalue weighted by Gasteiger charge is -2.35. The van der Waals surface area contributed by atoms with Crippen LogP contribution in [0.15, 0.2) is 0 Å². The summed E-state index contributed by atoms with van der Waals surface area (Å²) in [6.45, 7) is 7.13. The number of piperidine rings is 2. The Balaban J connectivity index is 1.74. The zero-order chi connectivity index (χ0) is 12.1. The Bertz CT molecular complexity index is 255. The van der Waals surface area contributed by atoms with Gasteiger partial charge in [0, 0.05) is 19.6 Å². The second-order valence-electron chi connectivity index (χ2n) is 5.77. The van der Waals surface area contributed by atoms with Gasteiger partial charge in [-0.1, -0.05) is 6.92 Å². The molecule has 0 radical (unpaired) electrons. The summed E-state index contributed by atoms with van der Waals surface area (Å²) in [5, 5.41) is 6.49. The molecule has 0 spiro atoms. The lowest BCUT2D eigenvalue weighted by molar-refractivity contribution is 0.171. The van der Waals surface area contributed by atoms with Crippen molar-refractivity contribution in [2.45, 2.75) is 39.0 Å². The molecular weight excluding hydrogens is 214 g/mol. The number of likely N-dealkylation sites (tertiary alicyclic amines) is 1. The van der Waals surface area contributed by atoms with Gasteiger partial charge >= 0.3 is 6.03 Å². The van der Waals surface area contributed by atoms with Crippen molar-refractivity contribution in [2.24, 2.45) is 5.41 Å². The highest BCUT2D eigenvalue weighted by atomic mass is 16.2. The van der Waals surface area contributed by atoms with Gasteiger partial charge in [-0.2, -0.15) is 0 Å². The molecule has 0 aliphatic carbocycles. The van der Waals surface area contributed by atoms with Crippen molar-refractivity contribution in [2.75, 3.05) is 32.7 Å². The van der Waals surface area contributed by atoms with E-state index in [0.717, 1.165) is 58.4 Å². The summed E-state index contributed by atoms with van der Waals surface area (Å²) < 4.78 is 0. The summed E-state index contributed by atoms with van der Waals surface area (Å²) in [7, 11) is 0. The van der Waals surface area contributed by atoms with Crippen molar-refractivity contribution in [3.05, 3.63) is 0 Å². The van der Waals surface area contributed by atoms with Crippen molar-refractivity contribution >= 4 is 6.03 Å². The van der Waals surface area contributed by atoms with Crippen molar-refractivity contribution in [3.8, 4) is 0 Å². The normalized spacial score (nSPS) is 24.4. The van der Waals surface area contributed by atoms with Crippen molar-refractivity contribution in [1.82, 2.24) is 15.5 Å². The van der Waals surface area contributed by atoms with Crippen molar-refractivity contribution < 1.29 is 4.79 Å². The summed E-state index contributed by atoms with van der Waals surface area (Å²) in [6.07, 6.45) is 5.91. The molecule has 2 fully saturated rings. The van der Waals surface area contributed by atoms with Gasteiger partial charge in [-0.15, -0.1) is 0 Å². The number of hydrogen-bond donors (Lipinski definition) is 2. The van der Waals surface area contributed by atoms with E-state index in [1.54, 1.807) is 0 Å². The molecule has 2 amide bonds. The fraction of sp³-hybridized carbons (Fsp3) is 0.923. The Hall–Kier alpha value is -0.770. The molecule has 2 saturated heterocycles. The van der Waals surface area contributed by atoms with Gasteiger partial charge in [-0.3, -0.25) is 0 Å². The molecule has 0 aromatic heterocycles. The fourth-order valence-electron chi connectivity index (χ4n) is 2.70. The van der Waals surface area contributed by atoms with Gasteiger partial charge < -0.3 is 15.5 Å². The highest BCUT2D eigenvalue weighted by Crippen LogP contribution is 2.26. The molecule has 2 N–H and O–H groups in total. The third kappa shape index (κ3) is 3.60. The Morgan fingerprint density at radius 2 is 1.88 bits per heavy atom. The average molecular weight is 239 g/mol. The predicted octanol–water partition coefficient (Wildman–Crippen LogP) is 1.57. The molecule has 2 heterocycles. The van der Waals surface area contributed by atoms with Crippen LogP contribution in [-0.2, 0) is 0 Å². The van der Waals surface area contributed by atoms with Crippen molar-refractivity contribution in [3.63, 3.8) is 0 Å². The molecule has 2 rings (SSSR count). The first-order valence-corrected chi connectivity index (χ1v) is 6.93. The molecular formula is C13H25N3O. The Labute approximate surface area is 104 Å². The first-order chi connectivity index (χ1) is 8.20. The standard InChI is InChI=1S/C13H25N3O/c1-13(5-7-14-8-6-13)11-15-12(17)16-9-3-2-4-10-16/h14H,2-11H2,1H3,(H,15,17). The molecule has 2 aliphatic heterocycles. The van der Waals surface area contributed by atoms with Crippen LogP contribution in [0.1, 0.15) is 39.0 Å². The third-order valence-electron chi connectivity index (χ3n) is 4.12. The number of urea groups is 1. The SMILES string of the molecule is CC1(CNC(=O)N2CCCCC2)CCNCC1. The Morgan fingerprint density at radius 1 is 1.24 bits per heavy atom. The van der Waals surface area contributed by atoms with Crippen LogP contribution in [-0.4, -0.2) is 43.7 Å². The van der Waals surface area contributed by atoms with Crippen LogP contribution in [0.25, 0.3) is 0 Å². The monoisotopic (exact) mass is 239 g/mol. The number of amides is 2. The van der Waals surface area contributed by atoms with E-state index in [1.807, 2.05) is 4.90 Å². The predicted molar refractivity (Wildman–Crippen MR) is 69.0 cm³/mol. The van der Waals surface area contributed by atoms with E-state index < -0.39 is 0 Å². The molecule has 0 atom stereocenters. The average Bonchev–Trinajstić information content (AvgIpc) is 2.38. The largest absolute Gasteiger partial charge is 0.337 e. The Morgan fingerprint density at radius 3 is 2.53 bits per heavy atom. The minimum atomic E-state index is 0.143. The van der Waals surface area contributed by atoms with Crippen LogP contribution in [0, 0.1) is 5.41 Å². The summed E-state index contributed by atoms with van der Waals surface area (Å²) in [5.41, 5.74) is 0.288. The third-order valence-corrected chi connectivity index (χ3v) is 4.12. The van der Waals surface area contributed by atoms with Crippen molar-refractivity contribution in [1.29, 1.82) is 0 Å². The minimum Gasteiger partial charge on any atom is -0.337 e. The van der Waals surface area contributed by atoms with E-state index in [9.17, 15) is 4.79 Å². The summed E-state index contributed by atoms with van der Waals surface area (Å²) in [4.78, 5) is 13.9. The summed E-state index contributed by atoms with van der Waals surface area (Å²) in [5.74, 6) is 0. The topological polar surface area (TPSA) is 44.4 Å². The summed E-state index contributed by atoms with van der Waals surface area (Å²) in [6, 6.07) is 0.143.